The van der Waals surface area contributed by atoms with Crippen LogP contribution >= 0.6 is 0 Å². The average Bonchev–Trinajstić information content (AvgIpc) is 2.45. The summed E-state index contributed by atoms with van der Waals surface area (Å²) in [5.41, 5.74) is 0. The molecule has 1 fully saturated rings. The Morgan fingerprint density at radius 2 is 1.68 bits per heavy atom. The molecular formula is C13H29N3O3. The zero-order valence-electron chi connectivity index (χ0n) is 12.6. The van der Waals surface area contributed by atoms with Crippen LogP contribution in [0.2, 0.25) is 0 Å². The molecule has 1 heterocycles. The summed E-state index contributed by atoms with van der Waals surface area (Å²) in [6.07, 6.45) is 0.625. The van der Waals surface area contributed by atoms with Gasteiger partial charge in [-0.15, -0.1) is 0 Å². The highest BCUT2D eigenvalue weighted by Crippen LogP contribution is 1.98. The Kier molecular flexibility index (Phi) is 13.2. The Hall–Kier alpha value is -0.690. The topological polar surface area (TPSA) is 54.0 Å². The predicted molar refractivity (Wildman–Crippen MR) is 76.4 cm³/mol. The predicted octanol–water partition coefficient (Wildman–Crippen LogP) is -0.351. The number of nitrogens with one attached hydrogen (secondary N) is 1. The molecule has 0 saturated carbocycles. The van der Waals surface area contributed by atoms with Crippen LogP contribution < -0.4 is 5.32 Å². The highest BCUT2D eigenvalue weighted by atomic mass is 16.5. The number of rotatable bonds is 8. The highest BCUT2D eigenvalue weighted by molar-refractivity contribution is 5.44. The van der Waals surface area contributed by atoms with Crippen LogP contribution in [-0.4, -0.2) is 89.5 Å². The number of amides is 1. The maximum atomic E-state index is 9.06. The molecule has 0 bridgehead atoms. The molecule has 0 aromatic heterocycles. The third-order valence-electron chi connectivity index (χ3n) is 2.84. The van der Waals surface area contributed by atoms with E-state index in [1.165, 1.54) is 26.2 Å². The number of piperazine rings is 1. The molecule has 0 aromatic carbocycles. The van der Waals surface area contributed by atoms with E-state index in [1.54, 1.807) is 7.05 Å². The first kappa shape index (κ1) is 18.3. The normalized spacial score (nSPS) is 16.6. The standard InChI is InChI=1S/C11H24N2O2.C2H5NO/c1-3-14-10-11-15-9-8-13-6-4-12(2)5-7-13;1-3-2-4/h3-11H2,1-2H3;2H,1H3,(H,3,4). The summed E-state index contributed by atoms with van der Waals surface area (Å²) < 4.78 is 10.7. The smallest absolute Gasteiger partial charge is 0.206 e. The first-order chi connectivity index (χ1) is 9.24. The second-order valence-electron chi connectivity index (χ2n) is 4.36. The molecule has 1 saturated heterocycles. The van der Waals surface area contributed by atoms with E-state index in [0.717, 1.165) is 33.0 Å². The summed E-state index contributed by atoms with van der Waals surface area (Å²) in [5, 5.41) is 2.25. The van der Waals surface area contributed by atoms with Gasteiger partial charge in [0, 0.05) is 46.4 Å². The van der Waals surface area contributed by atoms with Crippen LogP contribution in [0.4, 0.5) is 0 Å². The Labute approximate surface area is 117 Å². The Morgan fingerprint density at radius 1 is 1.11 bits per heavy atom. The van der Waals surface area contributed by atoms with Crippen LogP contribution in [-0.2, 0) is 14.3 Å². The average molecular weight is 275 g/mol. The molecule has 19 heavy (non-hydrogen) atoms. The van der Waals surface area contributed by atoms with Crippen molar-refractivity contribution in [1.29, 1.82) is 0 Å². The van der Waals surface area contributed by atoms with Crippen molar-refractivity contribution in [2.75, 3.05) is 73.2 Å². The molecule has 1 aliphatic heterocycles. The fraction of sp³-hybridized carbons (Fsp3) is 0.923. The second kappa shape index (κ2) is 13.7. The van der Waals surface area contributed by atoms with Crippen molar-refractivity contribution in [2.24, 2.45) is 0 Å². The van der Waals surface area contributed by atoms with Crippen LogP contribution in [0.3, 0.4) is 0 Å². The van der Waals surface area contributed by atoms with E-state index in [-0.39, 0.29) is 0 Å². The first-order valence-corrected chi connectivity index (χ1v) is 6.91. The van der Waals surface area contributed by atoms with Gasteiger partial charge in [0.1, 0.15) is 0 Å². The lowest BCUT2D eigenvalue weighted by Crippen LogP contribution is -2.45. The quantitative estimate of drug-likeness (QED) is 0.485. The van der Waals surface area contributed by atoms with E-state index in [0.29, 0.717) is 6.41 Å². The monoisotopic (exact) mass is 275 g/mol. The lowest BCUT2D eigenvalue weighted by molar-refractivity contribution is -0.109. The number of carbonyl (C=O) groups excluding carboxylic acids is 1. The number of carbonyl (C=O) groups is 1. The number of hydrogen-bond donors (Lipinski definition) is 1. The fourth-order valence-electron chi connectivity index (χ4n) is 1.63. The van der Waals surface area contributed by atoms with E-state index in [1.807, 2.05) is 6.92 Å². The summed E-state index contributed by atoms with van der Waals surface area (Å²) in [5.74, 6) is 0. The molecule has 1 N–H and O–H groups in total. The summed E-state index contributed by atoms with van der Waals surface area (Å²) >= 11 is 0. The van der Waals surface area contributed by atoms with Crippen LogP contribution in [0.25, 0.3) is 0 Å². The van der Waals surface area contributed by atoms with Gasteiger partial charge in [0.05, 0.1) is 19.8 Å². The number of hydrogen-bond acceptors (Lipinski definition) is 5. The lowest BCUT2D eigenvalue weighted by atomic mass is 10.3. The minimum Gasteiger partial charge on any atom is -0.379 e. The van der Waals surface area contributed by atoms with Crippen LogP contribution in [0, 0.1) is 0 Å². The van der Waals surface area contributed by atoms with Crippen molar-refractivity contribution in [2.45, 2.75) is 6.92 Å². The molecular weight excluding hydrogens is 246 g/mol. The van der Waals surface area contributed by atoms with Gasteiger partial charge in [-0.1, -0.05) is 0 Å². The maximum absolute atomic E-state index is 9.06. The summed E-state index contributed by atoms with van der Waals surface area (Å²) in [6.45, 7) is 10.8. The third-order valence-corrected chi connectivity index (χ3v) is 2.84. The molecule has 1 aliphatic rings. The van der Waals surface area contributed by atoms with Crippen molar-refractivity contribution < 1.29 is 14.3 Å². The summed E-state index contributed by atoms with van der Waals surface area (Å²) in [4.78, 5) is 13.9. The zero-order valence-corrected chi connectivity index (χ0v) is 12.6. The minimum absolute atomic E-state index is 0.625. The molecule has 1 amide bonds. The minimum atomic E-state index is 0.625. The van der Waals surface area contributed by atoms with Gasteiger partial charge in [-0.25, -0.2) is 0 Å². The van der Waals surface area contributed by atoms with Gasteiger partial charge in [0.25, 0.3) is 0 Å². The van der Waals surface area contributed by atoms with Gasteiger partial charge in [-0.2, -0.15) is 0 Å². The van der Waals surface area contributed by atoms with Crippen molar-refractivity contribution in [3.8, 4) is 0 Å². The van der Waals surface area contributed by atoms with Crippen LogP contribution in [0.1, 0.15) is 6.92 Å². The number of ether oxygens (including phenoxy) is 2. The largest absolute Gasteiger partial charge is 0.379 e. The fourth-order valence-corrected chi connectivity index (χ4v) is 1.63. The second-order valence-corrected chi connectivity index (χ2v) is 4.36. The molecule has 0 radical (unpaired) electrons. The summed E-state index contributed by atoms with van der Waals surface area (Å²) in [6, 6.07) is 0. The lowest BCUT2D eigenvalue weighted by Gasteiger charge is -2.32. The molecule has 6 heteroatoms. The Balaban J connectivity index is 0.000000711. The first-order valence-electron chi connectivity index (χ1n) is 6.91. The van der Waals surface area contributed by atoms with Gasteiger partial charge >= 0.3 is 0 Å². The Bertz CT molecular complexity index is 198. The number of likely N-dealkylation sites (N-methyl/N-ethyl adjacent to an activating group) is 1. The van der Waals surface area contributed by atoms with Crippen molar-refractivity contribution in [3.63, 3.8) is 0 Å². The van der Waals surface area contributed by atoms with Crippen LogP contribution in [0.15, 0.2) is 0 Å². The van der Waals surface area contributed by atoms with Gasteiger partial charge < -0.3 is 19.7 Å². The van der Waals surface area contributed by atoms with Crippen molar-refractivity contribution in [1.82, 2.24) is 15.1 Å². The maximum Gasteiger partial charge on any atom is 0.206 e. The van der Waals surface area contributed by atoms with E-state index in [2.05, 4.69) is 22.2 Å². The van der Waals surface area contributed by atoms with Gasteiger partial charge in [0.15, 0.2) is 0 Å². The molecule has 0 aromatic rings. The van der Waals surface area contributed by atoms with Crippen molar-refractivity contribution in [3.05, 3.63) is 0 Å². The van der Waals surface area contributed by atoms with E-state index in [9.17, 15) is 0 Å². The SMILES string of the molecule is CCOCCOCCN1CCN(C)CC1.CNC=O. The zero-order chi connectivity index (χ0) is 14.3. The van der Waals surface area contributed by atoms with Crippen molar-refractivity contribution >= 4 is 6.41 Å². The Morgan fingerprint density at radius 3 is 2.21 bits per heavy atom. The molecule has 0 spiro atoms. The molecule has 114 valence electrons. The van der Waals surface area contributed by atoms with Gasteiger partial charge in [-0.05, 0) is 14.0 Å². The molecule has 6 nitrogen and oxygen atoms in total. The van der Waals surface area contributed by atoms with E-state index >= 15 is 0 Å². The van der Waals surface area contributed by atoms with Crippen LogP contribution in [0.5, 0.6) is 0 Å². The molecule has 0 unspecified atom stereocenters. The third kappa shape index (κ3) is 12.1. The number of nitrogens with zero attached hydrogens (tertiary/aromatic N) is 2. The van der Waals surface area contributed by atoms with E-state index in [4.69, 9.17) is 14.3 Å². The summed E-state index contributed by atoms with van der Waals surface area (Å²) in [7, 11) is 3.74. The van der Waals surface area contributed by atoms with Gasteiger partial charge in [-0.3, -0.25) is 9.69 Å². The van der Waals surface area contributed by atoms with E-state index < -0.39 is 0 Å². The highest BCUT2D eigenvalue weighted by Gasteiger charge is 2.12. The van der Waals surface area contributed by atoms with Gasteiger partial charge in [0.2, 0.25) is 6.41 Å². The molecule has 1 rings (SSSR count). The molecule has 0 atom stereocenters. The molecule has 0 aliphatic carbocycles.